The number of aliphatic hydroxyl groups is 1. The Morgan fingerprint density at radius 3 is 1.21 bits per heavy atom. The molecule has 5 heterocycles. The molecule has 0 aromatic heterocycles. The number of amides is 3. The third-order valence-electron chi connectivity index (χ3n) is 14.9. The lowest BCUT2D eigenvalue weighted by atomic mass is 9.96. The van der Waals surface area contributed by atoms with Crippen LogP contribution in [0, 0.1) is 11.8 Å². The number of benzene rings is 4. The molecule has 25 nitrogen and oxygen atoms in total. The van der Waals surface area contributed by atoms with Crippen molar-refractivity contribution >= 4 is 53.9 Å². The SMILES string of the molecule is COC(=O)[C@@H]1CC(=O)CN1C(=O)OCc1ccccc1.COC(=O)[C@@H]1CC2(CN1C(=O)OCc1ccccc1)OCCCO2.COC(=O)[C@@H]1C[C@@H](O)CC1C(=O)OCc1ccccc1.O=C(O)[C@@H]1CC2(CN1C(=O)OCc1ccccc1)OCCCO2. The van der Waals surface area contributed by atoms with Crippen LogP contribution in [0.1, 0.15) is 67.2 Å². The molecule has 5 aliphatic heterocycles. The van der Waals surface area contributed by atoms with Gasteiger partial charge in [0.05, 0.1) is 85.3 Å². The summed E-state index contributed by atoms with van der Waals surface area (Å²) in [7, 11) is 3.79. The van der Waals surface area contributed by atoms with Gasteiger partial charge in [-0.15, -0.1) is 0 Å². The number of carboxylic acid groups (broad SMARTS) is 1. The Bertz CT molecular complexity index is 2930. The maximum atomic E-state index is 12.5. The first-order valence-corrected chi connectivity index (χ1v) is 28.3. The molecule has 1 unspecified atom stereocenters. The normalized spacial score (nSPS) is 22.2. The van der Waals surface area contributed by atoms with E-state index in [1.165, 1.54) is 31.1 Å². The summed E-state index contributed by atoms with van der Waals surface area (Å²) in [4.78, 5) is 110. The Morgan fingerprint density at radius 2 is 0.816 bits per heavy atom. The number of Topliss-reactive ketones (excluding diaryl/α,β-unsaturated/α-hetero) is 1. The van der Waals surface area contributed by atoms with Gasteiger partial charge >= 0.3 is 48.1 Å². The van der Waals surface area contributed by atoms with Gasteiger partial charge in [-0.05, 0) is 47.9 Å². The number of hydrogen-bond acceptors (Lipinski definition) is 21. The molecule has 2 N–H and O–H groups in total. The third kappa shape index (κ3) is 18.8. The highest BCUT2D eigenvalue weighted by Gasteiger charge is 2.54. The smallest absolute Gasteiger partial charge is 0.411 e. The van der Waals surface area contributed by atoms with Crippen LogP contribution in [-0.2, 0) is 107 Å². The van der Waals surface area contributed by atoms with Crippen molar-refractivity contribution < 1.29 is 105 Å². The van der Waals surface area contributed by atoms with Crippen molar-refractivity contribution in [3.8, 4) is 0 Å². The largest absolute Gasteiger partial charge is 0.480 e. The molecule has 0 bridgehead atoms. The van der Waals surface area contributed by atoms with Gasteiger partial charge in [0, 0.05) is 19.3 Å². The first kappa shape index (κ1) is 66.0. The number of nitrogens with zero attached hydrogens (tertiary/aromatic N) is 3. The third-order valence-corrected chi connectivity index (χ3v) is 14.9. The number of hydrogen-bond donors (Lipinski definition) is 2. The van der Waals surface area contributed by atoms with Crippen molar-refractivity contribution in [2.45, 2.75) is 107 Å². The van der Waals surface area contributed by atoms with Gasteiger partial charge in [-0.3, -0.25) is 29.1 Å². The molecule has 5 saturated heterocycles. The maximum absolute atomic E-state index is 12.5. The molecule has 1 saturated carbocycles. The van der Waals surface area contributed by atoms with E-state index in [0.717, 1.165) is 40.0 Å². The molecule has 4 aromatic rings. The van der Waals surface area contributed by atoms with Crippen LogP contribution in [-0.4, -0.2) is 182 Å². The first-order chi connectivity index (χ1) is 42.0. The number of methoxy groups -OCH3 is 3. The van der Waals surface area contributed by atoms with Crippen molar-refractivity contribution in [1.82, 2.24) is 14.7 Å². The summed E-state index contributed by atoms with van der Waals surface area (Å²) in [5.74, 6) is -6.50. The molecule has 0 radical (unpaired) electrons. The number of aliphatic hydroxyl groups excluding tert-OH is 1. The fourth-order valence-corrected chi connectivity index (χ4v) is 10.4. The zero-order chi connectivity index (χ0) is 62.3. The van der Waals surface area contributed by atoms with Crippen LogP contribution in [0.5, 0.6) is 0 Å². The highest BCUT2D eigenvalue weighted by molar-refractivity contribution is 5.95. The predicted octanol–water partition coefficient (Wildman–Crippen LogP) is 5.75. The molecule has 6 atom stereocenters. The molecule has 25 heteroatoms. The standard InChI is InChI=1S/C17H21NO6.C16H19NO6.C15H18O5.C14H15NO5/c1-21-15(19)14-10-17(23-8-5-9-24-17)12-18(14)16(20)22-11-13-6-3-2-4-7-13;18-14(19)13-9-16(22-7-4-8-23-16)11-17(13)15(20)21-10-12-5-2-1-3-6-12;1-19-14(17)12-7-11(16)8-13(12)15(18)20-9-10-5-3-2-4-6-10;1-19-13(17)12-7-11(16)8-15(12)14(18)20-9-10-5-3-2-4-6-10/h2-4,6-7,14H,5,8-12H2,1H3;1-3,5-6,13H,4,7-11H2,(H,18,19);2-6,11-13,16H,7-9H2,1H3;2-6,12H,7-9H2,1H3/t14-;13-;11-,12-,13?;12-/m0010/s1. The minimum atomic E-state index is -1.09. The zero-order valence-electron chi connectivity index (χ0n) is 48.6. The van der Waals surface area contributed by atoms with Gasteiger partial charge in [0.2, 0.25) is 0 Å². The predicted molar refractivity (Wildman–Crippen MR) is 301 cm³/mol. The minimum absolute atomic E-state index is 0.0207. The summed E-state index contributed by atoms with van der Waals surface area (Å²) in [5.41, 5.74) is 3.43. The van der Waals surface area contributed by atoms with Gasteiger partial charge < -0.3 is 62.3 Å². The van der Waals surface area contributed by atoms with Gasteiger partial charge in [-0.2, -0.15) is 0 Å². The molecule has 4 aromatic carbocycles. The highest BCUT2D eigenvalue weighted by atomic mass is 16.7. The summed E-state index contributed by atoms with van der Waals surface area (Å²) in [6, 6.07) is 34.4. The van der Waals surface area contributed by atoms with E-state index < -0.39 is 95.8 Å². The number of likely N-dealkylation sites (tertiary alicyclic amines) is 3. The van der Waals surface area contributed by atoms with Gasteiger partial charge in [-0.25, -0.2) is 28.8 Å². The molecule has 6 aliphatic rings. The van der Waals surface area contributed by atoms with E-state index in [0.29, 0.717) is 26.4 Å². The number of carbonyl (C=O) groups excluding carboxylic acids is 8. The number of carbonyl (C=O) groups is 9. The molecular weight excluding hydrogens is 1140 g/mol. The molecule has 468 valence electrons. The van der Waals surface area contributed by atoms with Gasteiger partial charge in [0.25, 0.3) is 0 Å². The van der Waals surface area contributed by atoms with E-state index >= 15 is 0 Å². The molecule has 87 heavy (non-hydrogen) atoms. The van der Waals surface area contributed by atoms with Crippen LogP contribution in [0.25, 0.3) is 0 Å². The lowest BCUT2D eigenvalue weighted by molar-refractivity contribution is -0.257. The molecule has 2 spiro atoms. The molecule has 6 fully saturated rings. The van der Waals surface area contributed by atoms with Crippen LogP contribution >= 0.6 is 0 Å². The number of aliphatic carboxylic acids is 1. The van der Waals surface area contributed by atoms with E-state index in [1.807, 2.05) is 121 Å². The Kier molecular flexibility index (Phi) is 24.5. The first-order valence-electron chi connectivity index (χ1n) is 28.3. The van der Waals surface area contributed by atoms with E-state index in [-0.39, 0.29) is 83.9 Å². The highest BCUT2D eigenvalue weighted by Crippen LogP contribution is 2.37. The van der Waals surface area contributed by atoms with Crippen LogP contribution in [0.2, 0.25) is 0 Å². The Labute approximate surface area is 502 Å². The van der Waals surface area contributed by atoms with Crippen molar-refractivity contribution in [3.05, 3.63) is 144 Å². The molecular formula is C62H73N3O22. The number of rotatable bonds is 13. The number of esters is 4. The fourth-order valence-electron chi connectivity index (χ4n) is 10.4. The second-order valence-electron chi connectivity index (χ2n) is 21.0. The van der Waals surface area contributed by atoms with E-state index in [9.17, 15) is 53.4 Å². The van der Waals surface area contributed by atoms with Gasteiger partial charge in [0.15, 0.2) is 17.4 Å². The number of carboxylic acids is 1. The summed E-state index contributed by atoms with van der Waals surface area (Å²) >= 11 is 0. The summed E-state index contributed by atoms with van der Waals surface area (Å²) in [6.45, 7) is 2.68. The fraction of sp³-hybridized carbons (Fsp3) is 0.468. The summed E-state index contributed by atoms with van der Waals surface area (Å²) < 4.78 is 57.6. The summed E-state index contributed by atoms with van der Waals surface area (Å²) in [5, 5.41) is 19.0. The molecule has 1 aliphatic carbocycles. The lowest BCUT2D eigenvalue weighted by Crippen LogP contribution is -2.44. The Morgan fingerprint density at radius 1 is 0.471 bits per heavy atom. The minimum Gasteiger partial charge on any atom is -0.480 e. The average molecular weight is 1210 g/mol. The van der Waals surface area contributed by atoms with E-state index in [4.69, 9.17) is 42.6 Å². The number of ketones is 1. The topological polar surface area (TPSA) is 305 Å². The summed E-state index contributed by atoms with van der Waals surface area (Å²) in [6.07, 6.45) is -0.203. The average Bonchev–Trinajstić information content (AvgIpc) is 3.34. The number of ether oxygens (including phenoxy) is 11. The van der Waals surface area contributed by atoms with Crippen molar-refractivity contribution in [1.29, 1.82) is 0 Å². The Hall–Kier alpha value is -8.49. The molecule has 10 rings (SSSR count). The van der Waals surface area contributed by atoms with Crippen LogP contribution < -0.4 is 0 Å². The zero-order valence-corrected chi connectivity index (χ0v) is 48.6. The quantitative estimate of drug-likeness (QED) is 0.119. The van der Waals surface area contributed by atoms with Crippen LogP contribution in [0.15, 0.2) is 121 Å². The second-order valence-corrected chi connectivity index (χ2v) is 21.0. The van der Waals surface area contributed by atoms with Crippen molar-refractivity contribution in [2.75, 3.05) is 67.4 Å². The van der Waals surface area contributed by atoms with Crippen molar-refractivity contribution in [2.24, 2.45) is 11.8 Å². The monoisotopic (exact) mass is 1210 g/mol. The van der Waals surface area contributed by atoms with Gasteiger partial charge in [0.1, 0.15) is 44.6 Å². The Balaban J connectivity index is 0.000000166. The lowest BCUT2D eigenvalue weighted by Gasteiger charge is -2.33. The maximum Gasteiger partial charge on any atom is 0.411 e. The molecule has 3 amide bonds. The van der Waals surface area contributed by atoms with E-state index in [2.05, 4.69) is 9.47 Å². The van der Waals surface area contributed by atoms with Crippen LogP contribution in [0.3, 0.4) is 0 Å². The van der Waals surface area contributed by atoms with Crippen LogP contribution in [0.4, 0.5) is 14.4 Å². The van der Waals surface area contributed by atoms with Crippen molar-refractivity contribution in [3.63, 3.8) is 0 Å². The van der Waals surface area contributed by atoms with Gasteiger partial charge in [-0.1, -0.05) is 121 Å². The second kappa shape index (κ2) is 32.3. The van der Waals surface area contributed by atoms with E-state index in [1.54, 1.807) is 0 Å².